The van der Waals surface area contributed by atoms with Crippen LogP contribution in [0.5, 0.6) is 0 Å². The van der Waals surface area contributed by atoms with E-state index in [-0.39, 0.29) is 11.8 Å². The summed E-state index contributed by atoms with van der Waals surface area (Å²) in [5.74, 6) is 1.12. The van der Waals surface area contributed by atoms with Crippen molar-refractivity contribution in [2.75, 3.05) is 59.0 Å². The van der Waals surface area contributed by atoms with Crippen molar-refractivity contribution in [1.82, 2.24) is 14.7 Å². The number of nitrogens with zero attached hydrogens (tertiary/aromatic N) is 3. The van der Waals surface area contributed by atoms with E-state index in [0.717, 1.165) is 29.3 Å². The van der Waals surface area contributed by atoms with E-state index < -0.39 is 0 Å². The Kier molecular flexibility index (Phi) is 7.43. The fourth-order valence-corrected chi connectivity index (χ4v) is 5.51. The highest BCUT2D eigenvalue weighted by Crippen LogP contribution is 2.29. The maximum atomic E-state index is 13.2. The lowest BCUT2D eigenvalue weighted by Gasteiger charge is -2.36. The van der Waals surface area contributed by atoms with Crippen LogP contribution in [0.15, 0.2) is 46.7 Å². The summed E-state index contributed by atoms with van der Waals surface area (Å²) in [5.41, 5.74) is 0.775. The number of hydrogen-bond acceptors (Lipinski definition) is 6. The maximum Gasteiger partial charge on any atom is 0.255 e. The molecule has 30 heavy (non-hydrogen) atoms. The Hall–Kier alpha value is -1.87. The maximum absolute atomic E-state index is 13.2. The third kappa shape index (κ3) is 5.43. The highest BCUT2D eigenvalue weighted by Gasteiger charge is 2.26. The molecule has 8 heteroatoms. The van der Waals surface area contributed by atoms with Gasteiger partial charge < -0.3 is 14.5 Å². The molecule has 160 valence electrons. The average Bonchev–Trinajstić information content (AvgIpc) is 3.32. The second-order valence-corrected chi connectivity index (χ2v) is 9.48. The van der Waals surface area contributed by atoms with Gasteiger partial charge in [0.15, 0.2) is 0 Å². The first kappa shape index (κ1) is 21.4. The summed E-state index contributed by atoms with van der Waals surface area (Å²) in [4.78, 5) is 33.9. The molecule has 0 spiro atoms. The molecule has 2 aromatic rings. The fraction of sp³-hybridized carbons (Fsp3) is 0.455. The van der Waals surface area contributed by atoms with Gasteiger partial charge in [-0.2, -0.15) is 0 Å². The number of thiophene rings is 1. The van der Waals surface area contributed by atoms with Gasteiger partial charge in [-0.15, -0.1) is 23.1 Å². The van der Waals surface area contributed by atoms with Crippen molar-refractivity contribution in [3.05, 3.63) is 52.2 Å². The predicted octanol–water partition coefficient (Wildman–Crippen LogP) is 2.66. The number of carbonyl (C=O) groups is 2. The Morgan fingerprint density at radius 2 is 1.70 bits per heavy atom. The van der Waals surface area contributed by atoms with Crippen LogP contribution in [0.1, 0.15) is 15.2 Å². The largest absolute Gasteiger partial charge is 0.378 e. The topological polar surface area (TPSA) is 53.1 Å². The quantitative estimate of drug-likeness (QED) is 0.640. The minimum absolute atomic E-state index is 0.0865. The van der Waals surface area contributed by atoms with Crippen molar-refractivity contribution in [3.63, 3.8) is 0 Å². The Bertz CT molecular complexity index is 845. The zero-order chi connectivity index (χ0) is 20.8. The lowest BCUT2D eigenvalue weighted by molar-refractivity contribution is -0.136. The van der Waals surface area contributed by atoms with Gasteiger partial charge in [0, 0.05) is 54.8 Å². The number of morpholine rings is 1. The van der Waals surface area contributed by atoms with Crippen LogP contribution >= 0.6 is 23.1 Å². The predicted molar refractivity (Wildman–Crippen MR) is 120 cm³/mol. The molecular formula is C22H27N3O3S2. The molecule has 0 atom stereocenters. The SMILES string of the molecule is O=C(CN1CCN(C(=O)c2ccccc2SCc2cccs2)CC1)N1CCOCC1. The van der Waals surface area contributed by atoms with Gasteiger partial charge >= 0.3 is 0 Å². The number of hydrogen-bond donors (Lipinski definition) is 0. The number of rotatable bonds is 6. The molecule has 2 fully saturated rings. The van der Waals surface area contributed by atoms with E-state index in [4.69, 9.17) is 4.74 Å². The number of piperazine rings is 1. The number of amides is 2. The smallest absolute Gasteiger partial charge is 0.255 e. The van der Waals surface area contributed by atoms with Crippen molar-refractivity contribution in [1.29, 1.82) is 0 Å². The van der Waals surface area contributed by atoms with Crippen molar-refractivity contribution < 1.29 is 14.3 Å². The first-order valence-corrected chi connectivity index (χ1v) is 12.2. The van der Waals surface area contributed by atoms with Crippen molar-refractivity contribution >= 4 is 34.9 Å². The minimum Gasteiger partial charge on any atom is -0.378 e. The highest BCUT2D eigenvalue weighted by atomic mass is 32.2. The van der Waals surface area contributed by atoms with Crippen LogP contribution in [0, 0.1) is 0 Å². The summed E-state index contributed by atoms with van der Waals surface area (Å²) in [6, 6.07) is 12.1. The van der Waals surface area contributed by atoms with Crippen LogP contribution in [0.2, 0.25) is 0 Å². The molecule has 1 aromatic heterocycles. The van der Waals surface area contributed by atoms with E-state index in [1.807, 2.05) is 34.1 Å². The molecule has 0 aliphatic carbocycles. The summed E-state index contributed by atoms with van der Waals surface area (Å²) >= 11 is 3.45. The minimum atomic E-state index is 0.0865. The van der Waals surface area contributed by atoms with Crippen LogP contribution < -0.4 is 0 Å². The molecule has 0 saturated carbocycles. The lowest BCUT2D eigenvalue weighted by Crippen LogP contribution is -2.52. The summed E-state index contributed by atoms with van der Waals surface area (Å²) in [5, 5.41) is 2.08. The zero-order valence-corrected chi connectivity index (χ0v) is 18.6. The normalized spacial score (nSPS) is 17.9. The molecule has 2 aliphatic heterocycles. The number of thioether (sulfide) groups is 1. The van der Waals surface area contributed by atoms with E-state index in [0.29, 0.717) is 45.9 Å². The van der Waals surface area contributed by atoms with Crippen molar-refractivity contribution in [2.24, 2.45) is 0 Å². The Labute approximate surface area is 185 Å². The summed E-state index contributed by atoms with van der Waals surface area (Å²) in [7, 11) is 0. The Balaban J connectivity index is 1.30. The monoisotopic (exact) mass is 445 g/mol. The third-order valence-electron chi connectivity index (χ3n) is 5.45. The first-order chi connectivity index (χ1) is 14.7. The Morgan fingerprint density at radius 3 is 2.43 bits per heavy atom. The van der Waals surface area contributed by atoms with E-state index in [9.17, 15) is 9.59 Å². The zero-order valence-electron chi connectivity index (χ0n) is 17.0. The molecule has 0 N–H and O–H groups in total. The molecule has 2 saturated heterocycles. The summed E-state index contributed by atoms with van der Waals surface area (Å²) in [6.45, 7) is 5.79. The second-order valence-electron chi connectivity index (χ2n) is 7.43. The van der Waals surface area contributed by atoms with Gasteiger partial charge in [0.25, 0.3) is 5.91 Å². The van der Waals surface area contributed by atoms with Gasteiger partial charge in [0.05, 0.1) is 25.3 Å². The van der Waals surface area contributed by atoms with Crippen LogP contribution in [-0.2, 0) is 15.3 Å². The number of ether oxygens (including phenoxy) is 1. The van der Waals surface area contributed by atoms with E-state index >= 15 is 0 Å². The first-order valence-electron chi connectivity index (χ1n) is 10.3. The third-order valence-corrected chi connectivity index (χ3v) is 7.63. The van der Waals surface area contributed by atoms with Gasteiger partial charge in [-0.3, -0.25) is 14.5 Å². The van der Waals surface area contributed by atoms with Crippen LogP contribution in [0.3, 0.4) is 0 Å². The van der Waals surface area contributed by atoms with Gasteiger partial charge in [0.2, 0.25) is 5.91 Å². The summed E-state index contributed by atoms with van der Waals surface area (Å²) < 4.78 is 5.32. The van der Waals surface area contributed by atoms with Crippen LogP contribution in [0.4, 0.5) is 0 Å². The Morgan fingerprint density at radius 1 is 0.933 bits per heavy atom. The number of benzene rings is 1. The molecule has 3 heterocycles. The van der Waals surface area contributed by atoms with Crippen molar-refractivity contribution in [2.45, 2.75) is 10.6 Å². The van der Waals surface area contributed by atoms with E-state index in [2.05, 4.69) is 22.4 Å². The van der Waals surface area contributed by atoms with Gasteiger partial charge in [-0.25, -0.2) is 0 Å². The molecule has 4 rings (SSSR count). The number of carbonyl (C=O) groups excluding carboxylic acids is 2. The highest BCUT2D eigenvalue weighted by molar-refractivity contribution is 7.98. The lowest BCUT2D eigenvalue weighted by atomic mass is 10.2. The average molecular weight is 446 g/mol. The summed E-state index contributed by atoms with van der Waals surface area (Å²) in [6.07, 6.45) is 0. The molecule has 0 radical (unpaired) electrons. The fourth-order valence-electron chi connectivity index (χ4n) is 3.70. The van der Waals surface area contributed by atoms with E-state index in [1.54, 1.807) is 23.1 Å². The molecule has 1 aromatic carbocycles. The molecule has 0 bridgehead atoms. The molecule has 2 amide bonds. The van der Waals surface area contributed by atoms with Gasteiger partial charge in [-0.1, -0.05) is 18.2 Å². The van der Waals surface area contributed by atoms with Gasteiger partial charge in [-0.05, 0) is 23.6 Å². The van der Waals surface area contributed by atoms with Crippen LogP contribution in [0.25, 0.3) is 0 Å². The molecule has 6 nitrogen and oxygen atoms in total. The molecule has 0 unspecified atom stereocenters. The van der Waals surface area contributed by atoms with E-state index in [1.165, 1.54) is 4.88 Å². The van der Waals surface area contributed by atoms with Gasteiger partial charge in [0.1, 0.15) is 0 Å². The second kappa shape index (κ2) is 10.4. The standard InChI is InChI=1S/C22H27N3O3S2/c26-21(24-11-13-28-14-12-24)16-23-7-9-25(10-8-23)22(27)19-5-1-2-6-20(19)30-17-18-4-3-15-29-18/h1-6,15H,7-14,16-17H2. The van der Waals surface area contributed by atoms with Crippen molar-refractivity contribution in [3.8, 4) is 0 Å². The van der Waals surface area contributed by atoms with Crippen LogP contribution in [-0.4, -0.2) is 85.5 Å². The molecular weight excluding hydrogens is 418 g/mol. The molecule has 2 aliphatic rings.